The minimum atomic E-state index is -0.526. The van der Waals surface area contributed by atoms with Crippen molar-refractivity contribution in [2.75, 3.05) is 26.2 Å². The molecule has 3 N–H and O–H groups in total. The molecule has 0 spiro atoms. The van der Waals surface area contributed by atoms with E-state index in [4.69, 9.17) is 9.15 Å². The van der Waals surface area contributed by atoms with Crippen LogP contribution in [0.15, 0.2) is 27.8 Å². The van der Waals surface area contributed by atoms with E-state index in [0.29, 0.717) is 31.4 Å². The molecule has 1 fully saturated rings. The summed E-state index contributed by atoms with van der Waals surface area (Å²) in [5, 5.41) is 8.85. The maximum absolute atomic E-state index is 12.0. The minimum Gasteiger partial charge on any atom is -0.467 e. The third kappa shape index (κ3) is 9.37. The van der Waals surface area contributed by atoms with E-state index in [0.717, 1.165) is 13.0 Å². The second kappa shape index (κ2) is 11.9. The van der Waals surface area contributed by atoms with Gasteiger partial charge in [-0.2, -0.15) is 0 Å². The molecule has 1 aromatic heterocycles. The van der Waals surface area contributed by atoms with Gasteiger partial charge in [-0.3, -0.25) is 4.79 Å². The van der Waals surface area contributed by atoms with Crippen LogP contribution in [0.1, 0.15) is 39.9 Å². The van der Waals surface area contributed by atoms with E-state index in [1.807, 2.05) is 32.6 Å². The van der Waals surface area contributed by atoms with Crippen molar-refractivity contribution < 1.29 is 18.7 Å². The monoisotopic (exact) mass is 521 g/mol. The largest absolute Gasteiger partial charge is 0.467 e. The Morgan fingerprint density at radius 2 is 2.10 bits per heavy atom. The first-order valence-electron chi connectivity index (χ1n) is 9.58. The van der Waals surface area contributed by atoms with Gasteiger partial charge in [0.1, 0.15) is 17.9 Å². The zero-order valence-electron chi connectivity index (χ0n) is 17.5. The molecule has 0 aromatic carbocycles. The number of nitrogens with zero attached hydrogens (tertiary/aromatic N) is 2. The van der Waals surface area contributed by atoms with Crippen molar-refractivity contribution in [3.8, 4) is 0 Å². The van der Waals surface area contributed by atoms with E-state index in [2.05, 4.69) is 20.9 Å². The maximum Gasteiger partial charge on any atom is 0.407 e. The van der Waals surface area contributed by atoms with Crippen LogP contribution in [-0.2, 0) is 16.1 Å². The van der Waals surface area contributed by atoms with Crippen LogP contribution in [-0.4, -0.2) is 60.7 Å². The van der Waals surface area contributed by atoms with Gasteiger partial charge in [-0.05, 0) is 46.2 Å². The first-order chi connectivity index (χ1) is 13.3. The van der Waals surface area contributed by atoms with Crippen LogP contribution in [0.2, 0.25) is 0 Å². The molecular weight excluding hydrogens is 489 g/mol. The summed E-state index contributed by atoms with van der Waals surface area (Å²) < 4.78 is 10.5. The molecule has 2 heterocycles. The Balaban J connectivity index is 0.00000420. The maximum atomic E-state index is 12.0. The van der Waals surface area contributed by atoms with Gasteiger partial charge < -0.3 is 30.0 Å². The summed E-state index contributed by atoms with van der Waals surface area (Å²) in [5.41, 5.74) is -0.526. The number of likely N-dealkylation sites (tertiary alicyclic amines) is 1. The van der Waals surface area contributed by atoms with Crippen LogP contribution in [0.4, 0.5) is 4.79 Å². The number of carbonyl (C=O) groups excluding carboxylic acids is 2. The minimum absolute atomic E-state index is 0. The molecule has 10 heteroatoms. The third-order valence-electron chi connectivity index (χ3n) is 3.96. The number of alkyl carbamates (subject to hydrolysis) is 1. The SMILES string of the molecule is CCNC(=NCC(=O)NCc1ccco1)N1CCC(NC(=O)OC(C)(C)C)C1.I. The number of hydrogen-bond donors (Lipinski definition) is 3. The van der Waals surface area contributed by atoms with Crippen LogP contribution in [0.3, 0.4) is 0 Å². The first-order valence-corrected chi connectivity index (χ1v) is 9.58. The lowest BCUT2D eigenvalue weighted by molar-refractivity contribution is -0.119. The van der Waals surface area contributed by atoms with Crippen molar-refractivity contribution in [1.29, 1.82) is 0 Å². The molecule has 1 aliphatic heterocycles. The zero-order chi connectivity index (χ0) is 20.6. The van der Waals surface area contributed by atoms with Gasteiger partial charge in [-0.25, -0.2) is 9.79 Å². The van der Waals surface area contributed by atoms with E-state index in [9.17, 15) is 9.59 Å². The summed E-state index contributed by atoms with van der Waals surface area (Å²) in [6.45, 7) is 9.86. The summed E-state index contributed by atoms with van der Waals surface area (Å²) in [4.78, 5) is 30.4. The zero-order valence-corrected chi connectivity index (χ0v) is 19.8. The highest BCUT2D eigenvalue weighted by Gasteiger charge is 2.27. The number of halogens is 1. The van der Waals surface area contributed by atoms with Gasteiger partial charge in [0.05, 0.1) is 18.8 Å². The Hall–Kier alpha value is -1.98. The van der Waals surface area contributed by atoms with Crippen LogP contribution in [0, 0.1) is 0 Å². The van der Waals surface area contributed by atoms with Crippen molar-refractivity contribution >= 4 is 41.9 Å². The Morgan fingerprint density at radius 1 is 1.34 bits per heavy atom. The summed E-state index contributed by atoms with van der Waals surface area (Å²) in [5.74, 6) is 1.17. The molecule has 2 amide bonds. The molecule has 2 rings (SSSR count). The lowest BCUT2D eigenvalue weighted by atomic mass is 10.2. The molecule has 1 saturated heterocycles. The molecule has 0 aliphatic carbocycles. The van der Waals surface area contributed by atoms with Gasteiger partial charge in [0, 0.05) is 19.6 Å². The highest BCUT2D eigenvalue weighted by molar-refractivity contribution is 14.0. The lowest BCUT2D eigenvalue weighted by Gasteiger charge is -2.23. The van der Waals surface area contributed by atoms with Crippen LogP contribution in [0.25, 0.3) is 0 Å². The fraction of sp³-hybridized carbons (Fsp3) is 0.632. The van der Waals surface area contributed by atoms with Gasteiger partial charge in [0.15, 0.2) is 5.96 Å². The summed E-state index contributed by atoms with van der Waals surface area (Å²) >= 11 is 0. The molecule has 0 radical (unpaired) electrons. The Labute approximate surface area is 189 Å². The molecule has 9 nitrogen and oxygen atoms in total. The average molecular weight is 521 g/mol. The number of furan rings is 1. The Morgan fingerprint density at radius 3 is 2.72 bits per heavy atom. The predicted molar refractivity (Wildman–Crippen MR) is 121 cm³/mol. The molecule has 0 bridgehead atoms. The average Bonchev–Trinajstić information content (AvgIpc) is 3.26. The fourth-order valence-corrected chi connectivity index (χ4v) is 2.77. The fourth-order valence-electron chi connectivity index (χ4n) is 2.77. The summed E-state index contributed by atoms with van der Waals surface area (Å²) in [6, 6.07) is 3.56. The molecule has 0 saturated carbocycles. The van der Waals surface area contributed by atoms with Gasteiger partial charge in [0.25, 0.3) is 0 Å². The Bertz CT molecular complexity index is 673. The number of amides is 2. The summed E-state index contributed by atoms with van der Waals surface area (Å²) in [7, 11) is 0. The van der Waals surface area contributed by atoms with Crippen molar-refractivity contribution in [1.82, 2.24) is 20.9 Å². The van der Waals surface area contributed by atoms with Crippen LogP contribution < -0.4 is 16.0 Å². The molecule has 1 aromatic rings. The Kier molecular flexibility index (Phi) is 10.3. The van der Waals surface area contributed by atoms with Crippen molar-refractivity contribution in [2.45, 2.75) is 52.3 Å². The standard InChI is InChI=1S/C19H31N5O4.HI/c1-5-20-17(22-12-16(25)21-11-15-7-6-10-27-15)24-9-8-14(13-24)23-18(26)28-19(2,3)4;/h6-7,10,14H,5,8-9,11-13H2,1-4H3,(H,20,22)(H,21,25)(H,23,26);1H. The number of nitrogens with one attached hydrogen (secondary N) is 3. The number of rotatable bonds is 6. The van der Waals surface area contributed by atoms with Crippen molar-refractivity contribution in [3.63, 3.8) is 0 Å². The second-order valence-electron chi connectivity index (χ2n) is 7.60. The topological polar surface area (TPSA) is 108 Å². The molecular formula is C19H32IN5O4. The molecule has 1 unspecified atom stereocenters. The van der Waals surface area contributed by atoms with E-state index >= 15 is 0 Å². The smallest absolute Gasteiger partial charge is 0.407 e. The van der Waals surface area contributed by atoms with Gasteiger partial charge in [-0.1, -0.05) is 0 Å². The number of aliphatic imine (C=N–C) groups is 1. The van der Waals surface area contributed by atoms with E-state index in [-0.39, 0.29) is 42.5 Å². The number of carbonyl (C=O) groups is 2. The number of guanidine groups is 1. The van der Waals surface area contributed by atoms with E-state index < -0.39 is 11.7 Å². The molecule has 1 aliphatic rings. The normalized spacial score (nSPS) is 16.8. The van der Waals surface area contributed by atoms with E-state index in [1.54, 1.807) is 18.4 Å². The third-order valence-corrected chi connectivity index (χ3v) is 3.96. The van der Waals surface area contributed by atoms with Gasteiger partial charge >= 0.3 is 6.09 Å². The summed E-state index contributed by atoms with van der Waals surface area (Å²) in [6.07, 6.45) is 1.94. The second-order valence-corrected chi connectivity index (χ2v) is 7.60. The van der Waals surface area contributed by atoms with Crippen molar-refractivity contribution in [2.24, 2.45) is 4.99 Å². The quantitative estimate of drug-likeness (QED) is 0.301. The first kappa shape index (κ1) is 25.1. The number of ether oxygens (including phenoxy) is 1. The van der Waals surface area contributed by atoms with Crippen LogP contribution >= 0.6 is 24.0 Å². The molecule has 164 valence electrons. The van der Waals surface area contributed by atoms with Crippen molar-refractivity contribution in [3.05, 3.63) is 24.2 Å². The molecule has 1 atom stereocenters. The highest BCUT2D eigenvalue weighted by atomic mass is 127. The molecule has 29 heavy (non-hydrogen) atoms. The lowest BCUT2D eigenvalue weighted by Crippen LogP contribution is -2.44. The predicted octanol–water partition coefficient (Wildman–Crippen LogP) is 2.08. The van der Waals surface area contributed by atoms with Gasteiger partial charge in [-0.15, -0.1) is 24.0 Å². The van der Waals surface area contributed by atoms with E-state index in [1.165, 1.54) is 0 Å². The van der Waals surface area contributed by atoms with Crippen LogP contribution in [0.5, 0.6) is 0 Å². The highest BCUT2D eigenvalue weighted by Crippen LogP contribution is 2.12. The number of hydrogen-bond acceptors (Lipinski definition) is 5. The van der Waals surface area contributed by atoms with Gasteiger partial charge in [0.2, 0.25) is 5.91 Å².